The first-order valence-corrected chi connectivity index (χ1v) is 25.4. The van der Waals surface area contributed by atoms with Crippen LogP contribution in [0.25, 0.3) is 55.3 Å². The van der Waals surface area contributed by atoms with Crippen molar-refractivity contribution < 1.29 is 0 Å². The second-order valence-electron chi connectivity index (χ2n) is 19.5. The Morgan fingerprint density at radius 2 is 0.562 bits per heavy atom. The molecule has 1 nitrogen and oxygen atoms in total. The molecule has 0 heterocycles. The fourth-order valence-electron chi connectivity index (χ4n) is 12.6. The van der Waals surface area contributed by atoms with Gasteiger partial charge >= 0.3 is 0 Å². The summed E-state index contributed by atoms with van der Waals surface area (Å²) in [5.41, 5.74) is 22.4. The van der Waals surface area contributed by atoms with E-state index in [0.29, 0.717) is 0 Å². The van der Waals surface area contributed by atoms with Gasteiger partial charge in [0.2, 0.25) is 0 Å². The minimum absolute atomic E-state index is 0.530. The highest BCUT2D eigenvalue weighted by atomic mass is 15.1. The molecule has 12 aromatic carbocycles. The predicted octanol–water partition coefficient (Wildman–Crippen LogP) is 18.4. The van der Waals surface area contributed by atoms with Crippen LogP contribution < -0.4 is 4.90 Å². The highest BCUT2D eigenvalue weighted by Gasteiger charge is 2.56. The molecule has 0 amide bonds. The van der Waals surface area contributed by atoms with Gasteiger partial charge in [-0.25, -0.2) is 0 Å². The van der Waals surface area contributed by atoms with E-state index in [1.165, 1.54) is 99.8 Å². The van der Waals surface area contributed by atoms with E-state index in [2.05, 4.69) is 302 Å². The zero-order chi connectivity index (χ0) is 48.3. The lowest BCUT2D eigenvalue weighted by Gasteiger charge is -2.50. The molecule has 14 rings (SSSR count). The molecule has 1 heteroatoms. The first kappa shape index (κ1) is 42.6. The largest absolute Gasteiger partial charge is 0.311 e. The highest BCUT2D eigenvalue weighted by molar-refractivity contribution is 5.92. The van der Waals surface area contributed by atoms with Crippen molar-refractivity contribution >= 4 is 27.8 Å². The van der Waals surface area contributed by atoms with Crippen molar-refractivity contribution in [2.45, 2.75) is 10.8 Å². The van der Waals surface area contributed by atoms with Crippen LogP contribution in [0.1, 0.15) is 44.5 Å². The van der Waals surface area contributed by atoms with Crippen molar-refractivity contribution in [1.82, 2.24) is 0 Å². The molecular formula is C72H49N. The van der Waals surface area contributed by atoms with Crippen molar-refractivity contribution in [3.05, 3.63) is 342 Å². The molecule has 0 aliphatic heterocycles. The van der Waals surface area contributed by atoms with Gasteiger partial charge < -0.3 is 4.90 Å². The summed E-state index contributed by atoms with van der Waals surface area (Å²) in [6, 6.07) is 110. The molecule has 0 fully saturated rings. The lowest BCUT2D eigenvalue weighted by Crippen LogP contribution is -2.44. The Morgan fingerprint density at radius 3 is 1.10 bits per heavy atom. The van der Waals surface area contributed by atoms with Crippen LogP contribution in [0.5, 0.6) is 0 Å². The van der Waals surface area contributed by atoms with E-state index in [0.717, 1.165) is 17.1 Å². The third-order valence-corrected chi connectivity index (χ3v) is 15.8. The van der Waals surface area contributed by atoms with E-state index in [-0.39, 0.29) is 0 Å². The van der Waals surface area contributed by atoms with Crippen LogP contribution in [0.4, 0.5) is 17.1 Å². The van der Waals surface area contributed by atoms with Crippen LogP contribution in [-0.4, -0.2) is 0 Å². The molecule has 0 atom stereocenters. The minimum atomic E-state index is -0.533. The van der Waals surface area contributed by atoms with Gasteiger partial charge in [0.1, 0.15) is 0 Å². The Labute approximate surface area is 427 Å². The maximum Gasteiger partial charge on any atom is 0.0720 e. The number of hydrogen-bond donors (Lipinski definition) is 0. The van der Waals surface area contributed by atoms with E-state index < -0.39 is 10.8 Å². The molecule has 12 aromatic rings. The molecule has 342 valence electrons. The zero-order valence-corrected chi connectivity index (χ0v) is 40.2. The van der Waals surface area contributed by atoms with Crippen molar-refractivity contribution in [1.29, 1.82) is 0 Å². The third kappa shape index (κ3) is 6.63. The molecule has 0 saturated carbocycles. The average Bonchev–Trinajstić information content (AvgIpc) is 3.78. The Balaban J connectivity index is 0.883. The molecule has 2 aliphatic carbocycles. The van der Waals surface area contributed by atoms with Crippen molar-refractivity contribution in [3.63, 3.8) is 0 Å². The summed E-state index contributed by atoms with van der Waals surface area (Å²) in [6.07, 6.45) is 0. The first-order chi connectivity index (χ1) is 36.2. The van der Waals surface area contributed by atoms with Crippen molar-refractivity contribution in [3.8, 4) is 44.5 Å². The summed E-state index contributed by atoms with van der Waals surface area (Å²) in [7, 11) is 0. The average molecular weight is 928 g/mol. The smallest absolute Gasteiger partial charge is 0.0720 e. The maximum atomic E-state index is 2.45. The Morgan fingerprint density at radius 1 is 0.205 bits per heavy atom. The number of benzene rings is 12. The summed E-state index contributed by atoms with van der Waals surface area (Å²) in [5.74, 6) is 0. The molecule has 0 saturated heterocycles. The molecule has 0 unspecified atom stereocenters. The number of fused-ring (bicyclic) bond motifs is 10. The molecule has 73 heavy (non-hydrogen) atoms. The van der Waals surface area contributed by atoms with Crippen LogP contribution in [0, 0.1) is 0 Å². The molecule has 0 radical (unpaired) electrons. The Kier molecular flexibility index (Phi) is 10.0. The Hall–Kier alpha value is -9.30. The molecule has 2 aliphatic rings. The zero-order valence-electron chi connectivity index (χ0n) is 40.2. The molecule has 0 bridgehead atoms. The summed E-state index contributed by atoms with van der Waals surface area (Å²) >= 11 is 0. The molecule has 0 aromatic heterocycles. The van der Waals surface area contributed by atoms with E-state index in [4.69, 9.17) is 0 Å². The lowest BCUT2D eigenvalue weighted by atomic mass is 9.51. The SMILES string of the molecule is c1ccc(-c2ccc(N(c3ccc(-c4ccc5c(c4)-c4ccccc4C54c5ccccc5C(c5ccccc5)(c5ccccc5)c5ccccc54)cc3)c3ccc(-c4ccc5ccccc5c4)cc3)cc2)cc1. The quantitative estimate of drug-likeness (QED) is 0.147. The lowest BCUT2D eigenvalue weighted by molar-refractivity contribution is 0.623. The number of nitrogens with zero attached hydrogens (tertiary/aromatic N) is 1. The van der Waals surface area contributed by atoms with E-state index >= 15 is 0 Å². The van der Waals surface area contributed by atoms with E-state index in [1.807, 2.05) is 0 Å². The van der Waals surface area contributed by atoms with Gasteiger partial charge in [-0.05, 0) is 148 Å². The van der Waals surface area contributed by atoms with Crippen LogP contribution in [0.3, 0.4) is 0 Å². The maximum absolute atomic E-state index is 2.45. The second-order valence-corrected chi connectivity index (χ2v) is 19.5. The van der Waals surface area contributed by atoms with Gasteiger partial charge in [0.25, 0.3) is 0 Å². The van der Waals surface area contributed by atoms with Crippen LogP contribution in [-0.2, 0) is 10.8 Å². The van der Waals surface area contributed by atoms with E-state index in [1.54, 1.807) is 0 Å². The standard InChI is InChI=1S/C72H49N/c1-4-18-50(19-5-1)52-34-41-60(42-35-52)73(61-43-36-53(37-44-61)56-33-32-51-20-10-11-21-55(51)48-56)62-45-38-54(39-46-62)57-40-47-66-64(49-57)63-26-12-13-27-65(63)72(66)69-30-16-14-28-67(69)71(58-22-6-2-7-23-58,59-24-8-3-9-25-59)68-29-15-17-31-70(68)72/h1-49H. The van der Waals surface area contributed by atoms with Gasteiger partial charge in [-0.1, -0.05) is 249 Å². The molecular weight excluding hydrogens is 879 g/mol. The second kappa shape index (κ2) is 17.2. The van der Waals surface area contributed by atoms with Gasteiger partial charge in [-0.2, -0.15) is 0 Å². The molecule has 0 N–H and O–H groups in total. The summed E-state index contributed by atoms with van der Waals surface area (Å²) in [4.78, 5) is 2.37. The predicted molar refractivity (Wildman–Crippen MR) is 304 cm³/mol. The minimum Gasteiger partial charge on any atom is -0.311 e. The summed E-state index contributed by atoms with van der Waals surface area (Å²) in [5, 5.41) is 2.50. The van der Waals surface area contributed by atoms with Crippen LogP contribution >= 0.6 is 0 Å². The topological polar surface area (TPSA) is 3.24 Å². The van der Waals surface area contributed by atoms with E-state index in [9.17, 15) is 0 Å². The van der Waals surface area contributed by atoms with Crippen LogP contribution in [0.2, 0.25) is 0 Å². The van der Waals surface area contributed by atoms with Gasteiger partial charge in [0.15, 0.2) is 0 Å². The van der Waals surface area contributed by atoms with Crippen molar-refractivity contribution in [2.24, 2.45) is 0 Å². The highest BCUT2D eigenvalue weighted by Crippen LogP contribution is 2.64. The number of anilines is 3. The normalized spacial score (nSPS) is 13.4. The summed E-state index contributed by atoms with van der Waals surface area (Å²) in [6.45, 7) is 0. The third-order valence-electron chi connectivity index (χ3n) is 15.8. The number of rotatable bonds is 8. The Bertz CT molecular complexity index is 3900. The fourth-order valence-corrected chi connectivity index (χ4v) is 12.6. The van der Waals surface area contributed by atoms with Crippen molar-refractivity contribution in [2.75, 3.05) is 4.90 Å². The van der Waals surface area contributed by atoms with Crippen LogP contribution in [0.15, 0.2) is 297 Å². The van der Waals surface area contributed by atoms with Gasteiger partial charge in [0, 0.05) is 17.1 Å². The van der Waals surface area contributed by atoms with Gasteiger partial charge in [-0.15, -0.1) is 0 Å². The fraction of sp³-hybridized carbons (Fsp3) is 0.0278. The monoisotopic (exact) mass is 927 g/mol. The number of hydrogen-bond acceptors (Lipinski definition) is 1. The summed E-state index contributed by atoms with van der Waals surface area (Å²) < 4.78 is 0. The van der Waals surface area contributed by atoms with Gasteiger partial charge in [-0.3, -0.25) is 0 Å². The first-order valence-electron chi connectivity index (χ1n) is 25.4. The molecule has 1 spiro atoms. The van der Waals surface area contributed by atoms with Gasteiger partial charge in [0.05, 0.1) is 10.8 Å².